The first-order valence-electron chi connectivity index (χ1n) is 16.0. The van der Waals surface area contributed by atoms with Gasteiger partial charge in [-0.1, -0.05) is 77.1 Å². The Morgan fingerprint density at radius 2 is 0.750 bits per heavy atom. The van der Waals surface area contributed by atoms with Crippen LogP contribution in [0, 0.1) is 35.5 Å². The minimum Gasteiger partial charge on any atom is -0.459 e. The number of esters is 2. The van der Waals surface area contributed by atoms with Gasteiger partial charge in [-0.3, -0.25) is 0 Å². The fourth-order valence-corrected chi connectivity index (χ4v) is 5.09. The second kappa shape index (κ2) is 17.7. The van der Waals surface area contributed by atoms with E-state index in [1.165, 1.54) is 0 Å². The normalized spacial score (nSPS) is 12.0. The Bertz CT molecular complexity index is 1340. The first kappa shape index (κ1) is 34.2. The van der Waals surface area contributed by atoms with Gasteiger partial charge in [-0.2, -0.15) is 0 Å². The van der Waals surface area contributed by atoms with E-state index in [4.69, 9.17) is 9.47 Å². The van der Waals surface area contributed by atoms with Gasteiger partial charge in [0.25, 0.3) is 0 Å². The second-order valence-electron chi connectivity index (χ2n) is 11.5. The van der Waals surface area contributed by atoms with Gasteiger partial charge < -0.3 is 9.47 Å². The second-order valence-corrected chi connectivity index (χ2v) is 11.5. The van der Waals surface area contributed by atoms with Crippen molar-refractivity contribution in [1.29, 1.82) is 0 Å². The number of carbonyl (C=O) groups is 2. The third-order valence-corrected chi connectivity index (χ3v) is 8.08. The molecule has 0 radical (unpaired) electrons. The van der Waals surface area contributed by atoms with Gasteiger partial charge in [-0.05, 0) is 111 Å². The summed E-state index contributed by atoms with van der Waals surface area (Å²) in [6, 6.07) is 22.2. The van der Waals surface area contributed by atoms with Gasteiger partial charge >= 0.3 is 11.9 Å². The molecule has 0 aromatic heterocycles. The average molecular weight is 591 g/mol. The maximum Gasteiger partial charge on any atom is 0.338 e. The standard InChI is InChI=1S/C40H46O4/c1-7-31(8-2)27-29(5)43-39(41)37-23-19-35(20-24-37)17-15-33-11-13-34(14-12-33)16-18-36-21-25-38(26-22-36)40(42)44-30(6)28-32(9-3)10-4/h11-14,19-26,29-32H,7-10,27-28H2,1-6H3. The fourth-order valence-electron chi connectivity index (χ4n) is 5.09. The molecule has 0 heterocycles. The van der Waals surface area contributed by atoms with Gasteiger partial charge in [0, 0.05) is 22.3 Å². The summed E-state index contributed by atoms with van der Waals surface area (Å²) in [6.45, 7) is 12.6. The summed E-state index contributed by atoms with van der Waals surface area (Å²) in [5.74, 6) is 13.2. The number of hydrogen-bond acceptors (Lipinski definition) is 4. The molecule has 2 atom stereocenters. The molecule has 0 aliphatic rings. The number of rotatable bonds is 12. The molecule has 3 rings (SSSR count). The highest BCUT2D eigenvalue weighted by Gasteiger charge is 2.16. The lowest BCUT2D eigenvalue weighted by atomic mass is 9.97. The van der Waals surface area contributed by atoms with Crippen molar-refractivity contribution in [1.82, 2.24) is 0 Å². The van der Waals surface area contributed by atoms with Crippen molar-refractivity contribution in [3.63, 3.8) is 0 Å². The van der Waals surface area contributed by atoms with E-state index in [9.17, 15) is 9.59 Å². The van der Waals surface area contributed by atoms with Crippen LogP contribution >= 0.6 is 0 Å². The van der Waals surface area contributed by atoms with Crippen molar-refractivity contribution in [2.75, 3.05) is 0 Å². The molecule has 0 spiro atoms. The van der Waals surface area contributed by atoms with Crippen LogP contribution in [0.25, 0.3) is 0 Å². The molecule has 4 heteroatoms. The first-order valence-corrected chi connectivity index (χ1v) is 16.0. The van der Waals surface area contributed by atoms with E-state index in [0.717, 1.165) is 60.8 Å². The van der Waals surface area contributed by atoms with Gasteiger partial charge in [0.1, 0.15) is 0 Å². The predicted molar refractivity (Wildman–Crippen MR) is 178 cm³/mol. The van der Waals surface area contributed by atoms with Crippen LogP contribution in [0.2, 0.25) is 0 Å². The van der Waals surface area contributed by atoms with E-state index >= 15 is 0 Å². The number of benzene rings is 3. The topological polar surface area (TPSA) is 52.6 Å². The molecule has 0 N–H and O–H groups in total. The summed E-state index contributed by atoms with van der Waals surface area (Å²) < 4.78 is 11.3. The maximum atomic E-state index is 12.5. The van der Waals surface area contributed by atoms with Crippen LogP contribution in [0.15, 0.2) is 72.8 Å². The van der Waals surface area contributed by atoms with Gasteiger partial charge in [0.15, 0.2) is 0 Å². The SMILES string of the molecule is CCC(CC)CC(C)OC(=O)c1ccc(C#Cc2ccc(C#Cc3ccc(C(=O)OC(C)CC(CC)CC)cc3)cc2)cc1. The molecule has 0 saturated carbocycles. The van der Waals surface area contributed by atoms with Crippen LogP contribution in [-0.4, -0.2) is 24.1 Å². The summed E-state index contributed by atoms with van der Waals surface area (Å²) in [5, 5.41) is 0. The Morgan fingerprint density at radius 1 is 0.500 bits per heavy atom. The van der Waals surface area contributed by atoms with Crippen molar-refractivity contribution < 1.29 is 19.1 Å². The van der Waals surface area contributed by atoms with Crippen molar-refractivity contribution in [2.24, 2.45) is 11.8 Å². The largest absolute Gasteiger partial charge is 0.459 e. The lowest BCUT2D eigenvalue weighted by Gasteiger charge is -2.18. The summed E-state index contributed by atoms with van der Waals surface area (Å²) in [6.07, 6.45) is 5.93. The van der Waals surface area contributed by atoms with Crippen LogP contribution in [-0.2, 0) is 9.47 Å². The molecule has 0 bridgehead atoms. The van der Waals surface area contributed by atoms with Crippen LogP contribution in [0.3, 0.4) is 0 Å². The third-order valence-electron chi connectivity index (χ3n) is 8.08. The molecular formula is C40H46O4. The highest BCUT2D eigenvalue weighted by molar-refractivity contribution is 5.90. The van der Waals surface area contributed by atoms with Crippen molar-refractivity contribution >= 4 is 11.9 Å². The Hall–Kier alpha value is -4.28. The van der Waals surface area contributed by atoms with Crippen LogP contribution in [0.4, 0.5) is 0 Å². The molecule has 0 fully saturated rings. The van der Waals surface area contributed by atoms with E-state index in [2.05, 4.69) is 51.4 Å². The monoisotopic (exact) mass is 590 g/mol. The Balaban J connectivity index is 1.53. The van der Waals surface area contributed by atoms with Crippen LogP contribution in [0.5, 0.6) is 0 Å². The van der Waals surface area contributed by atoms with E-state index in [1.807, 2.05) is 62.4 Å². The number of ether oxygens (including phenoxy) is 2. The predicted octanol–water partition coefficient (Wildman–Crippen LogP) is 9.23. The molecule has 3 aromatic rings. The van der Waals surface area contributed by atoms with Crippen molar-refractivity contribution in [3.8, 4) is 23.7 Å². The molecule has 4 nitrogen and oxygen atoms in total. The summed E-state index contributed by atoms with van der Waals surface area (Å²) in [5.41, 5.74) is 4.45. The van der Waals surface area contributed by atoms with E-state index in [0.29, 0.717) is 23.0 Å². The molecule has 44 heavy (non-hydrogen) atoms. The number of carbonyl (C=O) groups excluding carboxylic acids is 2. The average Bonchev–Trinajstić information content (AvgIpc) is 3.05. The lowest BCUT2D eigenvalue weighted by Crippen LogP contribution is -2.18. The first-order chi connectivity index (χ1) is 21.2. The zero-order chi connectivity index (χ0) is 31.9. The van der Waals surface area contributed by atoms with Gasteiger partial charge in [0.05, 0.1) is 23.3 Å². The van der Waals surface area contributed by atoms with Gasteiger partial charge in [0.2, 0.25) is 0 Å². The zero-order valence-electron chi connectivity index (χ0n) is 27.1. The highest BCUT2D eigenvalue weighted by Crippen LogP contribution is 2.19. The highest BCUT2D eigenvalue weighted by atomic mass is 16.5. The molecule has 0 aliphatic heterocycles. The van der Waals surface area contributed by atoms with E-state index in [1.54, 1.807) is 24.3 Å². The molecule has 2 unspecified atom stereocenters. The molecule has 0 amide bonds. The quantitative estimate of drug-likeness (QED) is 0.156. The minimum atomic E-state index is -0.296. The lowest BCUT2D eigenvalue weighted by molar-refractivity contribution is 0.0275. The van der Waals surface area contributed by atoms with Gasteiger partial charge in [-0.25, -0.2) is 9.59 Å². The number of hydrogen-bond donors (Lipinski definition) is 0. The minimum absolute atomic E-state index is 0.103. The molecule has 0 saturated heterocycles. The smallest absolute Gasteiger partial charge is 0.338 e. The van der Waals surface area contributed by atoms with Crippen LogP contribution in [0.1, 0.15) is 123 Å². The fraction of sp³-hybridized carbons (Fsp3) is 0.400. The molecule has 230 valence electrons. The maximum absolute atomic E-state index is 12.5. The van der Waals surface area contributed by atoms with E-state index in [-0.39, 0.29) is 24.1 Å². The van der Waals surface area contributed by atoms with Crippen molar-refractivity contribution in [2.45, 2.75) is 92.3 Å². The Labute approximate surface area is 264 Å². The Morgan fingerprint density at radius 3 is 1.00 bits per heavy atom. The zero-order valence-corrected chi connectivity index (χ0v) is 27.1. The summed E-state index contributed by atoms with van der Waals surface area (Å²) in [4.78, 5) is 25.0. The van der Waals surface area contributed by atoms with Crippen LogP contribution < -0.4 is 0 Å². The Kier molecular flexibility index (Phi) is 13.8. The molecular weight excluding hydrogens is 544 g/mol. The summed E-state index contributed by atoms with van der Waals surface area (Å²) >= 11 is 0. The third kappa shape index (κ3) is 11.1. The van der Waals surface area contributed by atoms with E-state index < -0.39 is 0 Å². The van der Waals surface area contributed by atoms with Crippen molar-refractivity contribution in [3.05, 3.63) is 106 Å². The molecule has 0 aliphatic carbocycles. The van der Waals surface area contributed by atoms with Gasteiger partial charge in [-0.15, -0.1) is 0 Å². The summed E-state index contributed by atoms with van der Waals surface area (Å²) in [7, 11) is 0. The molecule has 3 aromatic carbocycles.